The lowest BCUT2D eigenvalue weighted by Gasteiger charge is -2.16. The summed E-state index contributed by atoms with van der Waals surface area (Å²) < 4.78 is 0. The van der Waals surface area contributed by atoms with Crippen molar-refractivity contribution < 1.29 is 4.79 Å². The predicted molar refractivity (Wildman–Crippen MR) is 65.3 cm³/mol. The minimum Gasteiger partial charge on any atom is -0.315 e. The van der Waals surface area contributed by atoms with Gasteiger partial charge in [-0.25, -0.2) is 0 Å². The van der Waals surface area contributed by atoms with E-state index in [1.54, 1.807) is 24.3 Å². The van der Waals surface area contributed by atoms with E-state index >= 15 is 0 Å². The Morgan fingerprint density at radius 3 is 2.67 bits per heavy atom. The number of amides is 1. The van der Waals surface area contributed by atoms with E-state index in [9.17, 15) is 4.79 Å². The average Bonchev–Trinajstić information content (AvgIpc) is 2.29. The van der Waals surface area contributed by atoms with E-state index in [0.29, 0.717) is 6.42 Å². The van der Waals surface area contributed by atoms with Crippen molar-refractivity contribution in [3.8, 4) is 0 Å². The Morgan fingerprint density at radius 2 is 2.07 bits per heavy atom. The normalized spacial score (nSPS) is 10.0. The number of hydrogen-bond donors (Lipinski definition) is 0. The van der Waals surface area contributed by atoms with Crippen LogP contribution < -0.4 is 4.90 Å². The molecule has 4 heteroatoms. The van der Waals surface area contributed by atoms with Crippen LogP contribution in [0.3, 0.4) is 0 Å². The van der Waals surface area contributed by atoms with Gasteiger partial charge in [0.15, 0.2) is 0 Å². The molecular formula is C11H15BrN2O. The second-order valence-corrected chi connectivity index (χ2v) is 4.10. The number of nitrogens with zero attached hydrogens (tertiary/aromatic N) is 2. The minimum absolute atomic E-state index is 0.155. The molecule has 1 amide bonds. The molecule has 0 saturated carbocycles. The van der Waals surface area contributed by atoms with Crippen LogP contribution in [-0.4, -0.2) is 23.3 Å². The fourth-order valence-corrected chi connectivity index (χ4v) is 1.65. The number of pyridine rings is 1. The maximum Gasteiger partial charge on any atom is 0.226 e. The molecule has 0 atom stereocenters. The van der Waals surface area contributed by atoms with Gasteiger partial charge in [0.25, 0.3) is 0 Å². The van der Waals surface area contributed by atoms with Crippen LogP contribution in [0.5, 0.6) is 0 Å². The summed E-state index contributed by atoms with van der Waals surface area (Å²) in [6.07, 6.45) is 5.95. The highest BCUT2D eigenvalue weighted by atomic mass is 79.9. The van der Waals surface area contributed by atoms with E-state index in [1.165, 1.54) is 0 Å². The first-order valence-electron chi connectivity index (χ1n) is 4.98. The predicted octanol–water partition coefficient (Wildman–Crippen LogP) is 2.61. The van der Waals surface area contributed by atoms with Crippen LogP contribution in [0.1, 0.15) is 19.3 Å². The van der Waals surface area contributed by atoms with E-state index in [2.05, 4.69) is 20.9 Å². The van der Waals surface area contributed by atoms with Crippen LogP contribution in [-0.2, 0) is 4.79 Å². The summed E-state index contributed by atoms with van der Waals surface area (Å²) in [5, 5.41) is 0.958. The molecule has 0 unspecified atom stereocenters. The molecule has 0 fully saturated rings. The Labute approximate surface area is 98.6 Å². The van der Waals surface area contributed by atoms with Gasteiger partial charge in [-0.15, -0.1) is 0 Å². The zero-order valence-electron chi connectivity index (χ0n) is 8.82. The number of carbonyl (C=O) groups is 1. The fourth-order valence-electron chi connectivity index (χ4n) is 1.25. The van der Waals surface area contributed by atoms with E-state index in [0.717, 1.165) is 23.9 Å². The van der Waals surface area contributed by atoms with Gasteiger partial charge < -0.3 is 4.90 Å². The summed E-state index contributed by atoms with van der Waals surface area (Å²) in [4.78, 5) is 17.3. The molecule has 1 heterocycles. The summed E-state index contributed by atoms with van der Waals surface area (Å²) in [6.45, 7) is 0. The highest BCUT2D eigenvalue weighted by Gasteiger charge is 2.09. The van der Waals surface area contributed by atoms with Crippen molar-refractivity contribution in [2.75, 3.05) is 17.3 Å². The van der Waals surface area contributed by atoms with Gasteiger partial charge in [0.05, 0.1) is 0 Å². The first-order chi connectivity index (χ1) is 7.25. The van der Waals surface area contributed by atoms with Crippen LogP contribution in [0.4, 0.5) is 5.69 Å². The van der Waals surface area contributed by atoms with Crippen molar-refractivity contribution in [3.05, 3.63) is 24.5 Å². The molecule has 15 heavy (non-hydrogen) atoms. The van der Waals surface area contributed by atoms with Gasteiger partial charge in [0, 0.05) is 36.9 Å². The molecule has 1 rings (SSSR count). The van der Waals surface area contributed by atoms with Crippen molar-refractivity contribution in [2.45, 2.75) is 19.3 Å². The molecule has 1 aromatic heterocycles. The third-order valence-electron chi connectivity index (χ3n) is 2.20. The maximum atomic E-state index is 11.7. The molecule has 82 valence electrons. The zero-order valence-corrected chi connectivity index (χ0v) is 10.4. The number of carbonyl (C=O) groups excluding carboxylic acids is 1. The molecule has 0 radical (unpaired) electrons. The number of halogens is 1. The molecule has 1 aromatic rings. The second-order valence-electron chi connectivity index (χ2n) is 3.30. The summed E-state index contributed by atoms with van der Waals surface area (Å²) in [5.74, 6) is 0.155. The first-order valence-corrected chi connectivity index (χ1v) is 6.10. The van der Waals surface area contributed by atoms with E-state index in [4.69, 9.17) is 0 Å². The lowest BCUT2D eigenvalue weighted by Crippen LogP contribution is -2.25. The summed E-state index contributed by atoms with van der Waals surface area (Å²) in [5.41, 5.74) is 0.897. The smallest absolute Gasteiger partial charge is 0.226 e. The van der Waals surface area contributed by atoms with E-state index < -0.39 is 0 Å². The van der Waals surface area contributed by atoms with Crippen LogP contribution in [0, 0.1) is 0 Å². The van der Waals surface area contributed by atoms with Crippen molar-refractivity contribution >= 4 is 27.5 Å². The SMILES string of the molecule is CN(C(=O)CCCCBr)c1ccncc1. The van der Waals surface area contributed by atoms with Crippen molar-refractivity contribution in [2.24, 2.45) is 0 Å². The fraction of sp³-hybridized carbons (Fsp3) is 0.455. The Morgan fingerprint density at radius 1 is 1.40 bits per heavy atom. The summed E-state index contributed by atoms with van der Waals surface area (Å²) in [7, 11) is 1.80. The molecule has 0 saturated heterocycles. The lowest BCUT2D eigenvalue weighted by molar-refractivity contribution is -0.118. The number of rotatable bonds is 5. The van der Waals surface area contributed by atoms with Crippen LogP contribution >= 0.6 is 15.9 Å². The number of unbranched alkanes of at least 4 members (excludes halogenated alkanes) is 1. The van der Waals surface area contributed by atoms with Crippen molar-refractivity contribution in [3.63, 3.8) is 0 Å². The summed E-state index contributed by atoms with van der Waals surface area (Å²) in [6, 6.07) is 3.67. The van der Waals surface area contributed by atoms with Gasteiger partial charge in [-0.1, -0.05) is 15.9 Å². The quantitative estimate of drug-likeness (QED) is 0.609. The van der Waals surface area contributed by atoms with Crippen molar-refractivity contribution in [1.82, 2.24) is 4.98 Å². The Hall–Kier alpha value is -0.900. The van der Waals surface area contributed by atoms with Gasteiger partial charge in [0.2, 0.25) is 5.91 Å². The number of anilines is 1. The Kier molecular flexibility index (Phi) is 5.32. The number of hydrogen-bond acceptors (Lipinski definition) is 2. The van der Waals surface area contributed by atoms with Gasteiger partial charge in [0.1, 0.15) is 0 Å². The molecule has 0 aliphatic carbocycles. The zero-order chi connectivity index (χ0) is 11.1. The van der Waals surface area contributed by atoms with Crippen LogP contribution in [0.2, 0.25) is 0 Å². The molecule has 0 aliphatic heterocycles. The van der Waals surface area contributed by atoms with Gasteiger partial charge in [-0.05, 0) is 25.0 Å². The number of aromatic nitrogens is 1. The highest BCUT2D eigenvalue weighted by Crippen LogP contribution is 2.12. The molecule has 0 bridgehead atoms. The Balaban J connectivity index is 2.46. The molecular weight excluding hydrogens is 256 g/mol. The Bertz CT molecular complexity index is 303. The van der Waals surface area contributed by atoms with Gasteiger partial charge in [-0.3, -0.25) is 9.78 Å². The third kappa shape index (κ3) is 4.00. The summed E-state index contributed by atoms with van der Waals surface area (Å²) >= 11 is 3.35. The lowest BCUT2D eigenvalue weighted by atomic mass is 10.2. The third-order valence-corrected chi connectivity index (χ3v) is 2.76. The standard InChI is InChI=1S/C11H15BrN2O/c1-14(10-5-8-13-9-6-10)11(15)4-2-3-7-12/h5-6,8-9H,2-4,7H2,1H3. The van der Waals surface area contributed by atoms with E-state index in [1.807, 2.05) is 12.1 Å². The average molecular weight is 271 g/mol. The largest absolute Gasteiger partial charge is 0.315 e. The molecule has 0 aromatic carbocycles. The molecule has 0 N–H and O–H groups in total. The van der Waals surface area contributed by atoms with E-state index in [-0.39, 0.29) is 5.91 Å². The first kappa shape index (κ1) is 12.2. The maximum absolute atomic E-state index is 11.7. The minimum atomic E-state index is 0.155. The van der Waals surface area contributed by atoms with Crippen molar-refractivity contribution in [1.29, 1.82) is 0 Å². The topological polar surface area (TPSA) is 33.2 Å². The highest BCUT2D eigenvalue weighted by molar-refractivity contribution is 9.09. The van der Waals surface area contributed by atoms with Crippen LogP contribution in [0.25, 0.3) is 0 Å². The molecule has 3 nitrogen and oxygen atoms in total. The molecule has 0 spiro atoms. The number of alkyl halides is 1. The molecule has 0 aliphatic rings. The van der Waals surface area contributed by atoms with Crippen LogP contribution in [0.15, 0.2) is 24.5 Å². The van der Waals surface area contributed by atoms with Gasteiger partial charge >= 0.3 is 0 Å². The van der Waals surface area contributed by atoms with Gasteiger partial charge in [-0.2, -0.15) is 0 Å². The monoisotopic (exact) mass is 270 g/mol. The second kappa shape index (κ2) is 6.56.